The highest BCUT2D eigenvalue weighted by Gasteiger charge is 2.20. The summed E-state index contributed by atoms with van der Waals surface area (Å²) >= 11 is 3.39. The Kier molecular flexibility index (Phi) is 3.97. The van der Waals surface area contributed by atoms with E-state index in [-0.39, 0.29) is 17.9 Å². The molecule has 0 saturated carbocycles. The van der Waals surface area contributed by atoms with Gasteiger partial charge < -0.3 is 4.74 Å². The highest BCUT2D eigenvalue weighted by Crippen LogP contribution is 2.22. The van der Waals surface area contributed by atoms with E-state index < -0.39 is 5.97 Å². The standard InChI is InChI=1S/C13H10BrN3O2/c1-2-19-13(18)9-8-16-17(12(9)7-15)11-6-4-3-5-10(11)14/h3-6,8H,2H2,1H3. The Hall–Kier alpha value is -2.13. The van der Waals surface area contributed by atoms with E-state index in [2.05, 4.69) is 21.0 Å². The van der Waals surface area contributed by atoms with Crippen LogP contribution in [0.1, 0.15) is 23.0 Å². The summed E-state index contributed by atoms with van der Waals surface area (Å²) in [5, 5.41) is 13.3. The van der Waals surface area contributed by atoms with Gasteiger partial charge in [-0.15, -0.1) is 0 Å². The van der Waals surface area contributed by atoms with E-state index in [1.165, 1.54) is 10.9 Å². The molecule has 0 amide bonds. The summed E-state index contributed by atoms with van der Waals surface area (Å²) in [6.45, 7) is 1.96. The van der Waals surface area contributed by atoms with Gasteiger partial charge in [0.15, 0.2) is 5.69 Å². The molecule has 2 aromatic rings. The summed E-state index contributed by atoms with van der Waals surface area (Å²) in [6.07, 6.45) is 1.34. The summed E-state index contributed by atoms with van der Waals surface area (Å²) in [7, 11) is 0. The number of rotatable bonds is 3. The minimum absolute atomic E-state index is 0.158. The number of nitrogens with zero attached hydrogens (tertiary/aromatic N) is 3. The Morgan fingerprint density at radius 2 is 2.26 bits per heavy atom. The molecule has 0 N–H and O–H groups in total. The van der Waals surface area contributed by atoms with Crippen molar-refractivity contribution in [2.24, 2.45) is 0 Å². The zero-order valence-electron chi connectivity index (χ0n) is 10.1. The van der Waals surface area contributed by atoms with Crippen LogP contribution in [-0.4, -0.2) is 22.4 Å². The molecule has 1 heterocycles. The average Bonchev–Trinajstić information content (AvgIpc) is 2.83. The zero-order chi connectivity index (χ0) is 13.8. The molecule has 96 valence electrons. The monoisotopic (exact) mass is 319 g/mol. The van der Waals surface area contributed by atoms with Gasteiger partial charge in [-0.25, -0.2) is 9.48 Å². The topological polar surface area (TPSA) is 67.9 Å². The lowest BCUT2D eigenvalue weighted by Crippen LogP contribution is -2.07. The minimum atomic E-state index is -0.544. The number of benzene rings is 1. The molecular weight excluding hydrogens is 310 g/mol. The first-order valence-corrected chi connectivity index (χ1v) is 6.38. The largest absolute Gasteiger partial charge is 0.462 e. The van der Waals surface area contributed by atoms with Crippen LogP contribution in [0.4, 0.5) is 0 Å². The van der Waals surface area contributed by atoms with Crippen LogP contribution >= 0.6 is 15.9 Å². The molecule has 0 spiro atoms. The SMILES string of the molecule is CCOC(=O)c1cnn(-c2ccccc2Br)c1C#N. The van der Waals surface area contributed by atoms with Crippen molar-refractivity contribution in [3.8, 4) is 11.8 Å². The van der Waals surface area contributed by atoms with Gasteiger partial charge in [-0.2, -0.15) is 10.4 Å². The number of esters is 1. The quantitative estimate of drug-likeness (QED) is 0.816. The maximum atomic E-state index is 11.7. The van der Waals surface area contributed by atoms with Gasteiger partial charge in [0.05, 0.1) is 18.5 Å². The predicted molar refractivity (Wildman–Crippen MR) is 71.9 cm³/mol. The van der Waals surface area contributed by atoms with Gasteiger partial charge in [-0.3, -0.25) is 0 Å². The smallest absolute Gasteiger partial charge is 0.342 e. The molecule has 0 fully saturated rings. The fourth-order valence-corrected chi connectivity index (χ4v) is 2.07. The minimum Gasteiger partial charge on any atom is -0.462 e. The number of hydrogen-bond donors (Lipinski definition) is 0. The first-order chi connectivity index (χ1) is 9.19. The van der Waals surface area contributed by atoms with Gasteiger partial charge in [-0.05, 0) is 35.0 Å². The molecular formula is C13H10BrN3O2. The van der Waals surface area contributed by atoms with Gasteiger partial charge in [-0.1, -0.05) is 12.1 Å². The Labute approximate surface area is 118 Å². The third-order valence-electron chi connectivity index (χ3n) is 2.45. The van der Waals surface area contributed by atoms with E-state index >= 15 is 0 Å². The molecule has 1 aromatic heterocycles. The molecule has 0 radical (unpaired) electrons. The van der Waals surface area contributed by atoms with Crippen molar-refractivity contribution in [3.05, 3.63) is 46.2 Å². The fraction of sp³-hybridized carbons (Fsp3) is 0.154. The molecule has 1 aromatic carbocycles. The summed E-state index contributed by atoms with van der Waals surface area (Å²) in [4.78, 5) is 11.7. The molecule has 0 atom stereocenters. The first kappa shape index (κ1) is 13.3. The van der Waals surface area contributed by atoms with E-state index in [0.29, 0.717) is 5.69 Å². The second kappa shape index (κ2) is 5.67. The second-order valence-electron chi connectivity index (χ2n) is 3.60. The number of nitriles is 1. The van der Waals surface area contributed by atoms with E-state index in [1.54, 1.807) is 13.0 Å². The van der Waals surface area contributed by atoms with Crippen LogP contribution in [0.3, 0.4) is 0 Å². The second-order valence-corrected chi connectivity index (χ2v) is 4.46. The van der Waals surface area contributed by atoms with Crippen molar-refractivity contribution in [1.29, 1.82) is 5.26 Å². The lowest BCUT2D eigenvalue weighted by atomic mass is 10.2. The summed E-state index contributed by atoms with van der Waals surface area (Å²) in [5.41, 5.74) is 1.01. The molecule has 0 bridgehead atoms. The van der Waals surface area contributed by atoms with Crippen LogP contribution in [0.5, 0.6) is 0 Å². The fourth-order valence-electron chi connectivity index (χ4n) is 1.62. The lowest BCUT2D eigenvalue weighted by molar-refractivity contribution is 0.0526. The Bertz CT molecular complexity index is 658. The maximum absolute atomic E-state index is 11.7. The van der Waals surface area contributed by atoms with Gasteiger partial charge in [0, 0.05) is 4.47 Å². The third-order valence-corrected chi connectivity index (χ3v) is 3.12. The van der Waals surface area contributed by atoms with Crippen LogP contribution in [-0.2, 0) is 4.74 Å². The molecule has 2 rings (SSSR count). The van der Waals surface area contributed by atoms with Gasteiger partial charge in [0.1, 0.15) is 11.6 Å². The normalized spacial score (nSPS) is 9.95. The Morgan fingerprint density at radius 3 is 2.89 bits per heavy atom. The molecule has 5 nitrogen and oxygen atoms in total. The average molecular weight is 320 g/mol. The van der Waals surface area contributed by atoms with Crippen molar-refractivity contribution >= 4 is 21.9 Å². The summed E-state index contributed by atoms with van der Waals surface area (Å²) in [6, 6.07) is 9.30. The number of carbonyl (C=O) groups excluding carboxylic acids is 1. The number of aromatic nitrogens is 2. The lowest BCUT2D eigenvalue weighted by Gasteiger charge is -2.05. The van der Waals surface area contributed by atoms with E-state index in [1.807, 2.05) is 24.3 Å². The van der Waals surface area contributed by atoms with Crippen LogP contribution in [0.25, 0.3) is 5.69 Å². The van der Waals surface area contributed by atoms with Crippen LogP contribution < -0.4 is 0 Å². The predicted octanol–water partition coefficient (Wildman–Crippen LogP) is 2.68. The van der Waals surface area contributed by atoms with Gasteiger partial charge >= 0.3 is 5.97 Å². The Morgan fingerprint density at radius 1 is 1.53 bits per heavy atom. The van der Waals surface area contributed by atoms with E-state index in [9.17, 15) is 10.1 Å². The third kappa shape index (κ3) is 2.51. The van der Waals surface area contributed by atoms with E-state index in [0.717, 1.165) is 4.47 Å². The molecule has 0 saturated heterocycles. The number of para-hydroxylation sites is 1. The van der Waals surface area contributed by atoms with E-state index in [4.69, 9.17) is 4.74 Å². The molecule has 0 unspecified atom stereocenters. The molecule has 6 heteroatoms. The molecule has 0 aliphatic heterocycles. The number of hydrogen-bond acceptors (Lipinski definition) is 4. The highest BCUT2D eigenvalue weighted by atomic mass is 79.9. The van der Waals surface area contributed by atoms with Crippen molar-refractivity contribution in [2.75, 3.05) is 6.61 Å². The molecule has 0 aliphatic rings. The van der Waals surface area contributed by atoms with Gasteiger partial charge in [0.2, 0.25) is 0 Å². The van der Waals surface area contributed by atoms with Crippen molar-refractivity contribution in [2.45, 2.75) is 6.92 Å². The van der Waals surface area contributed by atoms with Crippen molar-refractivity contribution in [1.82, 2.24) is 9.78 Å². The summed E-state index contributed by atoms with van der Waals surface area (Å²) in [5.74, 6) is -0.544. The van der Waals surface area contributed by atoms with Gasteiger partial charge in [0.25, 0.3) is 0 Å². The number of carbonyl (C=O) groups is 1. The number of ether oxygens (including phenoxy) is 1. The summed E-state index contributed by atoms with van der Waals surface area (Å²) < 4.78 is 7.09. The van der Waals surface area contributed by atoms with Crippen molar-refractivity contribution in [3.63, 3.8) is 0 Å². The molecule has 19 heavy (non-hydrogen) atoms. The Balaban J connectivity index is 2.53. The number of halogens is 1. The molecule has 0 aliphatic carbocycles. The van der Waals surface area contributed by atoms with Crippen molar-refractivity contribution < 1.29 is 9.53 Å². The zero-order valence-corrected chi connectivity index (χ0v) is 11.7. The van der Waals surface area contributed by atoms with Crippen LogP contribution in [0, 0.1) is 11.3 Å². The van der Waals surface area contributed by atoms with Crippen LogP contribution in [0.2, 0.25) is 0 Å². The highest BCUT2D eigenvalue weighted by molar-refractivity contribution is 9.10. The van der Waals surface area contributed by atoms with Crippen LogP contribution in [0.15, 0.2) is 34.9 Å². The first-order valence-electron chi connectivity index (χ1n) is 5.59. The maximum Gasteiger partial charge on any atom is 0.342 e.